The standard InChI is InChI=1S/C16H25BrN2O/c1-4-19-9-7-13(8-10-19)18(3)14-5-6-15(12(2)20)16(17)11-14/h5-6,11-13,20H,4,7-10H2,1-3H3. The Kier molecular flexibility index (Phi) is 5.47. The fourth-order valence-corrected chi connectivity index (χ4v) is 3.61. The van der Waals surface area contributed by atoms with E-state index >= 15 is 0 Å². The number of benzene rings is 1. The van der Waals surface area contributed by atoms with Gasteiger partial charge in [-0.2, -0.15) is 0 Å². The van der Waals surface area contributed by atoms with E-state index in [9.17, 15) is 5.11 Å². The van der Waals surface area contributed by atoms with Crippen LogP contribution in [-0.2, 0) is 0 Å². The van der Waals surface area contributed by atoms with E-state index in [1.54, 1.807) is 6.92 Å². The van der Waals surface area contributed by atoms with Crippen LogP contribution < -0.4 is 4.90 Å². The van der Waals surface area contributed by atoms with Gasteiger partial charge in [-0.05, 0) is 44.0 Å². The molecule has 0 aromatic heterocycles. The van der Waals surface area contributed by atoms with Crippen LogP contribution in [-0.4, -0.2) is 42.7 Å². The number of hydrogen-bond acceptors (Lipinski definition) is 3. The molecule has 20 heavy (non-hydrogen) atoms. The molecule has 0 radical (unpaired) electrons. The molecular formula is C16H25BrN2O. The van der Waals surface area contributed by atoms with Crippen LogP contribution in [0.1, 0.15) is 38.4 Å². The Balaban J connectivity index is 2.06. The maximum Gasteiger partial charge on any atom is 0.0772 e. The van der Waals surface area contributed by atoms with Gasteiger partial charge < -0.3 is 14.9 Å². The number of halogens is 1. The van der Waals surface area contributed by atoms with Gasteiger partial charge in [-0.25, -0.2) is 0 Å². The molecule has 1 heterocycles. The molecule has 1 fully saturated rings. The highest BCUT2D eigenvalue weighted by atomic mass is 79.9. The van der Waals surface area contributed by atoms with E-state index in [1.807, 2.05) is 6.07 Å². The van der Waals surface area contributed by atoms with E-state index in [4.69, 9.17) is 0 Å². The number of rotatable bonds is 4. The molecule has 0 spiro atoms. The van der Waals surface area contributed by atoms with Crippen LogP contribution >= 0.6 is 15.9 Å². The maximum absolute atomic E-state index is 9.69. The summed E-state index contributed by atoms with van der Waals surface area (Å²) in [5.41, 5.74) is 2.17. The van der Waals surface area contributed by atoms with E-state index in [0.717, 1.165) is 16.6 Å². The molecule has 0 amide bonds. The van der Waals surface area contributed by atoms with E-state index in [2.05, 4.69) is 51.8 Å². The van der Waals surface area contributed by atoms with Gasteiger partial charge >= 0.3 is 0 Å². The van der Waals surface area contributed by atoms with Gasteiger partial charge in [-0.15, -0.1) is 0 Å². The summed E-state index contributed by atoms with van der Waals surface area (Å²) in [7, 11) is 2.18. The van der Waals surface area contributed by atoms with Crippen molar-refractivity contribution < 1.29 is 5.11 Å². The first-order valence-electron chi connectivity index (χ1n) is 7.45. The third-order valence-electron chi connectivity index (χ3n) is 4.39. The molecule has 112 valence electrons. The molecular weight excluding hydrogens is 316 g/mol. The monoisotopic (exact) mass is 340 g/mol. The summed E-state index contributed by atoms with van der Waals surface area (Å²) >= 11 is 3.57. The molecule has 1 aromatic rings. The Hall–Kier alpha value is -0.580. The first-order valence-corrected chi connectivity index (χ1v) is 8.25. The van der Waals surface area contributed by atoms with Crippen molar-refractivity contribution in [3.8, 4) is 0 Å². The summed E-state index contributed by atoms with van der Waals surface area (Å²) in [4.78, 5) is 4.89. The van der Waals surface area contributed by atoms with Gasteiger partial charge in [0.25, 0.3) is 0 Å². The zero-order valence-electron chi connectivity index (χ0n) is 12.6. The number of aliphatic hydroxyl groups is 1. The van der Waals surface area contributed by atoms with E-state index in [0.29, 0.717) is 6.04 Å². The van der Waals surface area contributed by atoms with Gasteiger partial charge in [-0.1, -0.05) is 28.9 Å². The van der Waals surface area contributed by atoms with Gasteiger partial charge in [0.15, 0.2) is 0 Å². The topological polar surface area (TPSA) is 26.7 Å². The molecule has 1 N–H and O–H groups in total. The van der Waals surface area contributed by atoms with E-state index < -0.39 is 6.10 Å². The van der Waals surface area contributed by atoms with Crippen LogP contribution in [0.15, 0.2) is 22.7 Å². The van der Waals surface area contributed by atoms with Crippen molar-refractivity contribution in [1.82, 2.24) is 4.90 Å². The number of likely N-dealkylation sites (tertiary alicyclic amines) is 1. The smallest absolute Gasteiger partial charge is 0.0772 e. The van der Waals surface area contributed by atoms with E-state index in [1.165, 1.54) is 31.6 Å². The second-order valence-electron chi connectivity index (χ2n) is 5.66. The third kappa shape index (κ3) is 3.54. The number of hydrogen-bond donors (Lipinski definition) is 1. The minimum absolute atomic E-state index is 0.434. The Morgan fingerprint density at radius 1 is 1.40 bits per heavy atom. The quantitative estimate of drug-likeness (QED) is 0.909. The van der Waals surface area contributed by atoms with Gasteiger partial charge in [0, 0.05) is 36.3 Å². The average Bonchev–Trinajstić information content (AvgIpc) is 2.46. The highest BCUT2D eigenvalue weighted by Crippen LogP contribution is 2.30. The predicted molar refractivity (Wildman–Crippen MR) is 88.3 cm³/mol. The van der Waals surface area contributed by atoms with Crippen LogP contribution in [0, 0.1) is 0 Å². The second-order valence-corrected chi connectivity index (χ2v) is 6.51. The average molecular weight is 341 g/mol. The minimum Gasteiger partial charge on any atom is -0.389 e. The first kappa shape index (κ1) is 15.8. The molecule has 3 nitrogen and oxygen atoms in total. The summed E-state index contributed by atoms with van der Waals surface area (Å²) in [6, 6.07) is 6.86. The summed E-state index contributed by atoms with van der Waals surface area (Å²) < 4.78 is 0.989. The lowest BCUT2D eigenvalue weighted by Crippen LogP contribution is -2.43. The van der Waals surface area contributed by atoms with Crippen molar-refractivity contribution in [2.24, 2.45) is 0 Å². The number of nitrogens with zero attached hydrogens (tertiary/aromatic N) is 2. The fraction of sp³-hybridized carbons (Fsp3) is 0.625. The van der Waals surface area contributed by atoms with Crippen LogP contribution in [0.4, 0.5) is 5.69 Å². The Labute approximate surface area is 130 Å². The summed E-state index contributed by atoms with van der Waals surface area (Å²) in [5, 5.41) is 9.69. The third-order valence-corrected chi connectivity index (χ3v) is 5.08. The fourth-order valence-electron chi connectivity index (χ4n) is 2.91. The van der Waals surface area contributed by atoms with Crippen molar-refractivity contribution in [2.45, 2.75) is 38.8 Å². The van der Waals surface area contributed by atoms with Crippen LogP contribution in [0.5, 0.6) is 0 Å². The largest absolute Gasteiger partial charge is 0.389 e. The number of piperidine rings is 1. The molecule has 1 unspecified atom stereocenters. The Morgan fingerprint density at radius 3 is 2.55 bits per heavy atom. The molecule has 1 aliphatic rings. The van der Waals surface area contributed by atoms with Crippen LogP contribution in [0.3, 0.4) is 0 Å². The zero-order valence-corrected chi connectivity index (χ0v) is 14.2. The molecule has 2 rings (SSSR count). The van der Waals surface area contributed by atoms with Gasteiger partial charge in [-0.3, -0.25) is 0 Å². The summed E-state index contributed by atoms with van der Waals surface area (Å²) in [6.45, 7) is 7.57. The molecule has 1 atom stereocenters. The lowest BCUT2D eigenvalue weighted by atomic mass is 10.0. The molecule has 0 saturated carbocycles. The lowest BCUT2D eigenvalue weighted by Gasteiger charge is -2.37. The van der Waals surface area contributed by atoms with Crippen molar-refractivity contribution in [3.05, 3.63) is 28.2 Å². The van der Waals surface area contributed by atoms with Gasteiger partial charge in [0.1, 0.15) is 0 Å². The molecule has 4 heteroatoms. The SMILES string of the molecule is CCN1CCC(N(C)c2ccc(C(C)O)c(Br)c2)CC1. The van der Waals surface area contributed by atoms with Crippen molar-refractivity contribution in [2.75, 3.05) is 31.6 Å². The number of aliphatic hydroxyl groups excluding tert-OH is 1. The Bertz CT molecular complexity index is 442. The number of anilines is 1. The first-order chi connectivity index (χ1) is 9.52. The second kappa shape index (κ2) is 6.92. The minimum atomic E-state index is -0.434. The van der Waals surface area contributed by atoms with Gasteiger partial charge in [0.2, 0.25) is 0 Å². The van der Waals surface area contributed by atoms with Crippen molar-refractivity contribution in [1.29, 1.82) is 0 Å². The van der Waals surface area contributed by atoms with Crippen LogP contribution in [0.25, 0.3) is 0 Å². The highest BCUT2D eigenvalue weighted by Gasteiger charge is 2.22. The Morgan fingerprint density at radius 2 is 2.05 bits per heavy atom. The molecule has 1 saturated heterocycles. The molecule has 0 aliphatic carbocycles. The molecule has 1 aromatic carbocycles. The van der Waals surface area contributed by atoms with E-state index in [-0.39, 0.29) is 0 Å². The summed E-state index contributed by atoms with van der Waals surface area (Å²) in [5.74, 6) is 0. The zero-order chi connectivity index (χ0) is 14.7. The van der Waals surface area contributed by atoms with Crippen molar-refractivity contribution >= 4 is 21.6 Å². The maximum atomic E-state index is 9.69. The summed E-state index contributed by atoms with van der Waals surface area (Å²) in [6.07, 6.45) is 2.01. The van der Waals surface area contributed by atoms with Crippen LogP contribution in [0.2, 0.25) is 0 Å². The molecule has 0 bridgehead atoms. The predicted octanol–water partition coefficient (Wildman–Crippen LogP) is 3.42. The van der Waals surface area contributed by atoms with Gasteiger partial charge in [0.05, 0.1) is 6.10 Å². The van der Waals surface area contributed by atoms with Crippen molar-refractivity contribution in [3.63, 3.8) is 0 Å². The molecule has 1 aliphatic heterocycles. The highest BCUT2D eigenvalue weighted by molar-refractivity contribution is 9.10. The normalized spacial score (nSPS) is 19.1. The lowest BCUT2D eigenvalue weighted by molar-refractivity contribution is 0.198.